The lowest BCUT2D eigenvalue weighted by Gasteiger charge is -2.35. The summed E-state index contributed by atoms with van der Waals surface area (Å²) in [4.78, 5) is 74.7. The number of anilines is 2. The van der Waals surface area contributed by atoms with Crippen molar-refractivity contribution in [3.63, 3.8) is 0 Å². The molecule has 43 heavy (non-hydrogen) atoms. The predicted octanol–water partition coefficient (Wildman–Crippen LogP) is 3.13. The van der Waals surface area contributed by atoms with E-state index < -0.39 is 35.8 Å². The summed E-state index contributed by atoms with van der Waals surface area (Å²) in [6.45, 7) is 1.92. The Bertz CT molecular complexity index is 1630. The molecule has 2 aliphatic rings. The number of pyridine rings is 1. The number of ether oxygens (including phenoxy) is 1. The highest BCUT2D eigenvalue weighted by molar-refractivity contribution is 5.98. The number of nitrogens with zero attached hydrogens (tertiary/aromatic N) is 3. The average Bonchev–Trinajstić information content (AvgIpc) is 3.85. The van der Waals surface area contributed by atoms with Gasteiger partial charge < -0.3 is 34.0 Å². The van der Waals surface area contributed by atoms with Gasteiger partial charge in [-0.1, -0.05) is 12.1 Å². The molecule has 1 N–H and O–H groups in total. The van der Waals surface area contributed by atoms with Gasteiger partial charge in [0.15, 0.2) is 17.8 Å². The van der Waals surface area contributed by atoms with Gasteiger partial charge in [-0.2, -0.15) is 0 Å². The lowest BCUT2D eigenvalue weighted by atomic mass is 10.0. The number of hydrogen-bond donors (Lipinski definition) is 1. The molecule has 2 heterocycles. The molecule has 0 spiro atoms. The number of Topliss-reactive ketones (excluding diaryl/α,β-unsaturated/α-hetero) is 1. The second kappa shape index (κ2) is 12.6. The van der Waals surface area contributed by atoms with Crippen molar-refractivity contribution in [3.8, 4) is 0 Å². The predicted molar refractivity (Wildman–Crippen MR) is 156 cm³/mol. The zero-order chi connectivity index (χ0) is 30.7. The van der Waals surface area contributed by atoms with E-state index in [9.17, 15) is 28.8 Å². The van der Waals surface area contributed by atoms with Crippen LogP contribution < -0.4 is 15.6 Å². The summed E-state index contributed by atoms with van der Waals surface area (Å²) >= 11 is 0. The van der Waals surface area contributed by atoms with Crippen molar-refractivity contribution in [2.75, 3.05) is 43.0 Å². The Hall–Kier alpha value is -4.87. The summed E-state index contributed by atoms with van der Waals surface area (Å²) in [5, 5.41) is 2.79. The molecule has 3 aromatic rings. The first-order chi connectivity index (χ1) is 20.7. The normalized spacial score (nSPS) is 15.0. The van der Waals surface area contributed by atoms with Crippen LogP contribution in [0.5, 0.6) is 0 Å². The lowest BCUT2D eigenvalue weighted by Crippen LogP contribution is -2.49. The molecule has 224 valence electrons. The quantitative estimate of drug-likeness (QED) is 0.216. The second-order valence-corrected chi connectivity index (χ2v) is 10.8. The van der Waals surface area contributed by atoms with Crippen LogP contribution in [0.2, 0.25) is 0 Å². The molecule has 0 bridgehead atoms. The molecule has 1 aromatic heterocycles. The summed E-state index contributed by atoms with van der Waals surface area (Å²) in [7, 11) is 0. The van der Waals surface area contributed by atoms with Gasteiger partial charge in [0, 0.05) is 49.5 Å². The third-order valence-corrected chi connectivity index (χ3v) is 7.68. The summed E-state index contributed by atoms with van der Waals surface area (Å²) in [6, 6.07) is 9.62. The Balaban J connectivity index is 1.16. The van der Waals surface area contributed by atoms with Crippen LogP contribution >= 0.6 is 0 Å². The van der Waals surface area contributed by atoms with Crippen LogP contribution in [0.25, 0.3) is 10.9 Å². The van der Waals surface area contributed by atoms with Crippen molar-refractivity contribution < 1.29 is 33.1 Å². The zero-order valence-corrected chi connectivity index (χ0v) is 23.6. The fourth-order valence-corrected chi connectivity index (χ4v) is 5.18. The van der Waals surface area contributed by atoms with Gasteiger partial charge in [-0.15, -0.1) is 0 Å². The van der Waals surface area contributed by atoms with Gasteiger partial charge in [-0.25, -0.2) is 9.18 Å². The Morgan fingerprint density at radius 1 is 1.05 bits per heavy atom. The second-order valence-electron chi connectivity index (χ2n) is 10.8. The molecular weight excluding hydrogens is 559 g/mol. The number of carbonyl (C=O) groups excluding carboxylic acids is 5. The minimum atomic E-state index is -0.721. The van der Waals surface area contributed by atoms with Crippen molar-refractivity contribution in [2.45, 2.75) is 32.2 Å². The van der Waals surface area contributed by atoms with Gasteiger partial charge in [-0.3, -0.25) is 14.4 Å². The smallest absolute Gasteiger partial charge is 0.410 e. The van der Waals surface area contributed by atoms with Crippen LogP contribution in [0.15, 0.2) is 47.4 Å². The van der Waals surface area contributed by atoms with Gasteiger partial charge in [-0.05, 0) is 56.0 Å². The minimum absolute atomic E-state index is 0.0464. The summed E-state index contributed by atoms with van der Waals surface area (Å²) in [5.41, 5.74) is 1.67. The standard InChI is InChI=1S/C31H31FN4O7/c1-19(39)25-15-36(23-6-7-23)27-14-28(26(32)13-24(27)30(25)41)34-8-10-35(11-9-34)31(42)43-18-29(40)33-22-4-2-20(3-5-22)12-21(16-37)17-38/h2-5,13-17,21,23H,6-12,18H2,1H3,(H,33,40). The van der Waals surface area contributed by atoms with E-state index in [1.165, 1.54) is 17.9 Å². The molecule has 1 saturated heterocycles. The average molecular weight is 591 g/mol. The van der Waals surface area contributed by atoms with E-state index in [0.717, 1.165) is 18.4 Å². The molecule has 2 fully saturated rings. The molecule has 1 aliphatic heterocycles. The van der Waals surface area contributed by atoms with E-state index in [-0.39, 0.29) is 42.3 Å². The molecule has 0 atom stereocenters. The number of ketones is 1. The number of rotatable bonds is 10. The van der Waals surface area contributed by atoms with E-state index in [0.29, 0.717) is 42.6 Å². The number of nitrogens with one attached hydrogen (secondary N) is 1. The van der Waals surface area contributed by atoms with Gasteiger partial charge >= 0.3 is 6.09 Å². The maximum absolute atomic E-state index is 15.3. The highest BCUT2D eigenvalue weighted by atomic mass is 19.1. The first-order valence-electron chi connectivity index (χ1n) is 14.0. The van der Waals surface area contributed by atoms with Crippen LogP contribution in [0.3, 0.4) is 0 Å². The number of amides is 2. The molecule has 2 amide bonds. The Morgan fingerprint density at radius 2 is 1.72 bits per heavy atom. The van der Waals surface area contributed by atoms with Crippen LogP contribution in [-0.2, 0) is 25.5 Å². The molecule has 0 unspecified atom stereocenters. The highest BCUT2D eigenvalue weighted by Gasteiger charge is 2.29. The zero-order valence-electron chi connectivity index (χ0n) is 23.6. The topological polar surface area (TPSA) is 135 Å². The maximum Gasteiger partial charge on any atom is 0.410 e. The Morgan fingerprint density at radius 3 is 2.33 bits per heavy atom. The van der Waals surface area contributed by atoms with E-state index in [1.807, 2.05) is 4.57 Å². The van der Waals surface area contributed by atoms with Gasteiger partial charge in [0.25, 0.3) is 5.91 Å². The van der Waals surface area contributed by atoms with Crippen molar-refractivity contribution in [1.29, 1.82) is 0 Å². The molecule has 1 aliphatic carbocycles. The number of hydrogen-bond acceptors (Lipinski definition) is 8. The summed E-state index contributed by atoms with van der Waals surface area (Å²) in [5.74, 6) is -2.20. The molecule has 5 rings (SSSR count). The van der Waals surface area contributed by atoms with E-state index in [2.05, 4.69) is 5.32 Å². The van der Waals surface area contributed by atoms with Crippen molar-refractivity contribution in [1.82, 2.24) is 9.47 Å². The molecule has 12 heteroatoms. The first-order valence-corrected chi connectivity index (χ1v) is 14.0. The molecule has 1 saturated carbocycles. The van der Waals surface area contributed by atoms with Gasteiger partial charge in [0.1, 0.15) is 18.4 Å². The number of benzene rings is 2. The third kappa shape index (κ3) is 6.63. The van der Waals surface area contributed by atoms with Crippen LogP contribution in [-0.4, -0.2) is 72.6 Å². The highest BCUT2D eigenvalue weighted by Crippen LogP contribution is 2.38. The minimum Gasteiger partial charge on any atom is -0.439 e. The monoisotopic (exact) mass is 590 g/mol. The summed E-state index contributed by atoms with van der Waals surface area (Å²) < 4.78 is 22.3. The fraction of sp³-hybridized carbons (Fsp3) is 0.355. The maximum atomic E-state index is 15.3. The number of fused-ring (bicyclic) bond motifs is 1. The van der Waals surface area contributed by atoms with Gasteiger partial charge in [0.2, 0.25) is 0 Å². The Labute approximate surface area is 246 Å². The van der Waals surface area contributed by atoms with Crippen LogP contribution in [0.4, 0.5) is 20.6 Å². The molecule has 2 aromatic carbocycles. The SMILES string of the molecule is CC(=O)c1cn(C2CC2)c2cc(N3CCN(C(=O)OCC(=O)Nc4ccc(CC(C=O)C=O)cc4)CC3)c(F)cc2c1=O. The van der Waals surface area contributed by atoms with Crippen molar-refractivity contribution >= 4 is 52.6 Å². The summed E-state index contributed by atoms with van der Waals surface area (Å²) in [6.07, 6.45) is 4.17. The molecule has 11 nitrogen and oxygen atoms in total. The van der Waals surface area contributed by atoms with E-state index in [1.54, 1.807) is 41.4 Å². The van der Waals surface area contributed by atoms with E-state index >= 15 is 4.39 Å². The third-order valence-electron chi connectivity index (χ3n) is 7.68. The number of carbonyl (C=O) groups is 5. The van der Waals surface area contributed by atoms with Crippen LogP contribution in [0.1, 0.15) is 41.7 Å². The Kier molecular flexibility index (Phi) is 8.65. The van der Waals surface area contributed by atoms with Crippen LogP contribution in [0, 0.1) is 11.7 Å². The number of piperazine rings is 1. The van der Waals surface area contributed by atoms with E-state index in [4.69, 9.17) is 4.74 Å². The van der Waals surface area contributed by atoms with Crippen molar-refractivity contribution in [3.05, 3.63) is 69.8 Å². The molecule has 0 radical (unpaired) electrons. The number of halogens is 1. The largest absolute Gasteiger partial charge is 0.439 e. The van der Waals surface area contributed by atoms with Gasteiger partial charge in [0.05, 0.1) is 22.7 Å². The first kappa shape index (κ1) is 29.6. The fourth-order valence-electron chi connectivity index (χ4n) is 5.18. The number of aromatic nitrogens is 1. The lowest BCUT2D eigenvalue weighted by molar-refractivity contribution is -0.120. The molecular formula is C31H31FN4O7. The van der Waals surface area contributed by atoms with Crippen molar-refractivity contribution in [2.24, 2.45) is 5.92 Å². The number of aldehydes is 2.